The fourth-order valence-corrected chi connectivity index (χ4v) is 11.8. The molecule has 12 N–H and O–H groups in total. The molecule has 3 fully saturated rings. The molecule has 3 aliphatic rings. The minimum Gasteiger partial charge on any atom is -0.497 e. The van der Waals surface area contributed by atoms with Crippen LogP contribution in [0.5, 0.6) is 11.5 Å². The summed E-state index contributed by atoms with van der Waals surface area (Å²) in [7, 11) is 3.23. The van der Waals surface area contributed by atoms with Crippen LogP contribution < -0.4 is 42.2 Å². The minimum atomic E-state index is -1.40. The van der Waals surface area contributed by atoms with Crippen LogP contribution >= 0.6 is 0 Å². The van der Waals surface area contributed by atoms with Gasteiger partial charge in [0.05, 0.1) is 63.9 Å². The molecule has 6 rings (SSSR count). The van der Waals surface area contributed by atoms with E-state index in [1.807, 2.05) is 78.9 Å². The molecule has 534 valence electrons. The summed E-state index contributed by atoms with van der Waals surface area (Å²) in [4.78, 5) is 90.4. The quantitative estimate of drug-likeness (QED) is 0.0221. The van der Waals surface area contributed by atoms with E-state index in [1.54, 1.807) is 19.1 Å². The van der Waals surface area contributed by atoms with Crippen molar-refractivity contribution < 1.29 is 96.6 Å². The minimum absolute atomic E-state index is 0.0427. The number of esters is 2. The maximum atomic E-state index is 13.8. The zero-order valence-electron chi connectivity index (χ0n) is 55.9. The average Bonchev–Trinajstić information content (AvgIpc) is 0.853. The zero-order chi connectivity index (χ0) is 69.4. The topological polar surface area (TPSA) is 387 Å². The number of benzene rings is 3. The molecule has 0 spiro atoms. The predicted molar refractivity (Wildman–Crippen MR) is 350 cm³/mol. The fraction of sp³-hybridized carbons (Fsp3) is 0.638. The number of hydrogen-bond donors (Lipinski definition) is 10. The molecule has 3 heterocycles. The van der Waals surface area contributed by atoms with Crippen LogP contribution in [-0.2, 0) is 72.3 Å². The molecule has 3 saturated heterocycles. The third kappa shape index (κ3) is 25.2. The highest BCUT2D eigenvalue weighted by Crippen LogP contribution is 2.42. The van der Waals surface area contributed by atoms with E-state index >= 15 is 0 Å². The number of ether oxygens (including phenoxy) is 9. The Hall–Kier alpha value is -6.89. The first kappa shape index (κ1) is 78.1. The second-order valence-electron chi connectivity index (χ2n) is 24.6. The standard InChI is InChI=1S/C69H103N7O20/c1-45(77)92-43-54-40-56(80)62(70)67(95-54)90-37-17-13-23-60(83)75-55(21-12-16-35-73-59(82)24-18-38-91-68-63(71)65(86)64(85)57(96-68)44-93-46(2)78)66(87)74-36-15-6-10-22-58(81)72-34-14-7-11-25-61(84)76-41-51(79)39-50(76)42-94-69(47-19-8-5-9-20-47,48-26-30-52(88-3)31-27-48)49-28-32-53(89-4)33-29-49/h5,8-9,19-20,26-33,50-51,54-57,62-65,67-68,79-80,85-86H,6-7,10-18,21-25,34-44,70-71H2,1-4H3,(H,72,81)(H,73,82)(H,74,87)(H,75,83)/t50-,51+,54?,55-,56?,57?,62?,63?,64?,65?,67?,68?/m0/s1. The Morgan fingerprint density at radius 3 is 1.72 bits per heavy atom. The van der Waals surface area contributed by atoms with Crippen molar-refractivity contribution in [1.29, 1.82) is 0 Å². The Bertz CT molecular complexity index is 2790. The Kier molecular flexibility index (Phi) is 33.7. The number of methoxy groups -OCH3 is 2. The number of nitrogens with one attached hydrogen (secondary N) is 4. The van der Waals surface area contributed by atoms with E-state index in [-0.39, 0.29) is 114 Å². The maximum Gasteiger partial charge on any atom is 0.302 e. The molecular weight excluding hydrogens is 1250 g/mol. The Morgan fingerprint density at radius 1 is 0.573 bits per heavy atom. The second-order valence-corrected chi connectivity index (χ2v) is 24.6. The summed E-state index contributed by atoms with van der Waals surface area (Å²) in [5.41, 5.74) is 13.6. The first-order chi connectivity index (χ1) is 46.2. The van der Waals surface area contributed by atoms with E-state index in [2.05, 4.69) is 21.3 Å². The number of amides is 5. The summed E-state index contributed by atoms with van der Waals surface area (Å²) in [6.07, 6.45) is -0.652. The van der Waals surface area contributed by atoms with Crippen molar-refractivity contribution in [3.8, 4) is 11.5 Å². The van der Waals surface area contributed by atoms with Crippen LogP contribution in [0.3, 0.4) is 0 Å². The lowest BCUT2D eigenvalue weighted by Crippen LogP contribution is -2.62. The number of unbranched alkanes of at least 4 members (excludes halogenated alkanes) is 6. The van der Waals surface area contributed by atoms with Crippen molar-refractivity contribution in [1.82, 2.24) is 26.2 Å². The van der Waals surface area contributed by atoms with Crippen molar-refractivity contribution in [3.63, 3.8) is 0 Å². The number of nitrogens with zero attached hydrogens (tertiary/aromatic N) is 1. The Balaban J connectivity index is 0.885. The van der Waals surface area contributed by atoms with Crippen LogP contribution in [-0.4, -0.2) is 214 Å². The average molecular weight is 1350 g/mol. The van der Waals surface area contributed by atoms with E-state index < -0.39 is 84.9 Å². The van der Waals surface area contributed by atoms with E-state index in [0.29, 0.717) is 108 Å². The van der Waals surface area contributed by atoms with Crippen LogP contribution in [0, 0.1) is 0 Å². The number of hydrogen-bond acceptors (Lipinski definition) is 22. The molecule has 27 nitrogen and oxygen atoms in total. The predicted octanol–water partition coefficient (Wildman–Crippen LogP) is 2.79. The summed E-state index contributed by atoms with van der Waals surface area (Å²) in [6, 6.07) is 22.2. The van der Waals surface area contributed by atoms with Gasteiger partial charge in [0.15, 0.2) is 12.6 Å². The lowest BCUT2D eigenvalue weighted by atomic mass is 9.80. The molecule has 3 aromatic carbocycles. The van der Waals surface area contributed by atoms with Crippen LogP contribution in [0.2, 0.25) is 0 Å². The van der Waals surface area contributed by atoms with Gasteiger partial charge in [-0.3, -0.25) is 33.6 Å². The lowest BCUT2D eigenvalue weighted by Gasteiger charge is -2.40. The van der Waals surface area contributed by atoms with Crippen LogP contribution in [0.1, 0.15) is 146 Å². The van der Waals surface area contributed by atoms with Gasteiger partial charge in [-0.1, -0.05) is 67.4 Å². The smallest absolute Gasteiger partial charge is 0.302 e. The van der Waals surface area contributed by atoms with Crippen molar-refractivity contribution in [3.05, 3.63) is 95.6 Å². The summed E-state index contributed by atoms with van der Waals surface area (Å²) in [5.74, 6) is -0.827. The largest absolute Gasteiger partial charge is 0.497 e. The monoisotopic (exact) mass is 1350 g/mol. The number of β-amino-alcohol motifs (C(OH)–C–C–N with tert-alkyl or cyclic N) is 1. The summed E-state index contributed by atoms with van der Waals surface area (Å²) in [5, 5.41) is 53.6. The molecule has 12 atom stereocenters. The maximum absolute atomic E-state index is 13.8. The van der Waals surface area contributed by atoms with E-state index in [9.17, 15) is 54.0 Å². The highest BCUT2D eigenvalue weighted by Gasteiger charge is 2.45. The van der Waals surface area contributed by atoms with Gasteiger partial charge in [0, 0.05) is 78.7 Å². The molecule has 0 aromatic heterocycles. The van der Waals surface area contributed by atoms with Gasteiger partial charge < -0.3 is 101 Å². The van der Waals surface area contributed by atoms with Gasteiger partial charge in [-0.25, -0.2) is 0 Å². The molecular formula is C69H103N7O20. The van der Waals surface area contributed by atoms with Crippen LogP contribution in [0.25, 0.3) is 0 Å². The molecule has 5 amide bonds. The fourth-order valence-electron chi connectivity index (χ4n) is 11.8. The molecule has 3 aliphatic heterocycles. The molecule has 27 heteroatoms. The van der Waals surface area contributed by atoms with Crippen LogP contribution in [0.4, 0.5) is 0 Å². The van der Waals surface area contributed by atoms with Crippen LogP contribution in [0.15, 0.2) is 78.9 Å². The van der Waals surface area contributed by atoms with Gasteiger partial charge in [0.1, 0.15) is 54.7 Å². The van der Waals surface area contributed by atoms with Crippen molar-refractivity contribution in [2.24, 2.45) is 11.5 Å². The number of likely N-dealkylation sites (tertiary alicyclic amines) is 1. The first-order valence-electron chi connectivity index (χ1n) is 33.7. The van der Waals surface area contributed by atoms with Gasteiger partial charge in [0.2, 0.25) is 29.5 Å². The Morgan fingerprint density at radius 2 is 1.10 bits per heavy atom. The molecule has 0 radical (unpaired) electrons. The van der Waals surface area contributed by atoms with Gasteiger partial charge >= 0.3 is 11.9 Å². The number of nitrogens with two attached hydrogens (primary N) is 2. The van der Waals surface area contributed by atoms with Crippen molar-refractivity contribution in [2.75, 3.05) is 73.4 Å². The molecule has 0 aliphatic carbocycles. The van der Waals surface area contributed by atoms with Gasteiger partial charge in [-0.15, -0.1) is 0 Å². The lowest BCUT2D eigenvalue weighted by molar-refractivity contribution is -0.267. The Labute approximate surface area is 562 Å². The third-order valence-electron chi connectivity index (χ3n) is 17.2. The van der Waals surface area contributed by atoms with E-state index in [1.165, 1.54) is 13.8 Å². The first-order valence-corrected chi connectivity index (χ1v) is 33.7. The molecule has 0 saturated carbocycles. The van der Waals surface area contributed by atoms with Gasteiger partial charge in [0.25, 0.3) is 0 Å². The SMILES string of the molecule is COc1ccc(C(OC[C@@H]2C[C@@H](O)CN2C(=O)CCCCCNC(=O)CCCCCNC(=O)[C@H](CCCCNC(=O)CCCOC2OC(COC(C)=O)C(O)C(O)C2N)NC(=O)CCCCOC2OC(COC(C)=O)CC(O)C2N)(c2ccccc2)c2ccc(OC)cc2)cc1. The normalized spacial score (nSPS) is 22.9. The number of carbonyl (C=O) groups is 7. The zero-order valence-corrected chi connectivity index (χ0v) is 55.9. The van der Waals surface area contributed by atoms with Gasteiger partial charge in [-0.2, -0.15) is 0 Å². The highest BCUT2D eigenvalue weighted by atomic mass is 16.7. The van der Waals surface area contributed by atoms with Crippen molar-refractivity contribution in [2.45, 2.75) is 208 Å². The van der Waals surface area contributed by atoms with E-state index in [4.69, 9.17) is 54.1 Å². The molecule has 9 unspecified atom stereocenters. The summed E-state index contributed by atoms with van der Waals surface area (Å²) >= 11 is 0. The van der Waals surface area contributed by atoms with Gasteiger partial charge in [-0.05, 0) is 112 Å². The van der Waals surface area contributed by atoms with E-state index in [0.717, 1.165) is 16.7 Å². The molecule has 96 heavy (non-hydrogen) atoms. The molecule has 3 aromatic rings. The highest BCUT2D eigenvalue weighted by molar-refractivity contribution is 5.87. The summed E-state index contributed by atoms with van der Waals surface area (Å²) < 4.78 is 50.9. The summed E-state index contributed by atoms with van der Waals surface area (Å²) in [6.45, 7) is 3.73. The number of rotatable bonds is 42. The number of aliphatic hydroxyl groups excluding tert-OH is 4. The third-order valence-corrected chi connectivity index (χ3v) is 17.2. The number of aliphatic hydroxyl groups is 4. The second kappa shape index (κ2) is 41.4. The number of carbonyl (C=O) groups excluding carboxylic acids is 7. The molecule has 0 bridgehead atoms. The van der Waals surface area contributed by atoms with Crippen molar-refractivity contribution >= 4 is 41.5 Å².